The average molecular weight is 338 g/mol. The molecule has 1 aromatic rings. The number of hydrogen-bond acceptors (Lipinski definition) is 5. The first kappa shape index (κ1) is 19.3. The number of rotatable bonds is 4. The maximum absolute atomic E-state index is 9.31. The molecule has 7 heteroatoms. The highest BCUT2D eigenvalue weighted by atomic mass is 32.3. The van der Waals surface area contributed by atoms with Crippen molar-refractivity contribution in [2.75, 3.05) is 27.2 Å². The van der Waals surface area contributed by atoms with Crippen molar-refractivity contribution in [2.45, 2.75) is 18.9 Å². The Bertz CT molecular complexity index is 644. The van der Waals surface area contributed by atoms with Crippen molar-refractivity contribution in [1.82, 2.24) is 0 Å². The summed E-state index contributed by atoms with van der Waals surface area (Å²) in [5, 5.41) is 9.31. The minimum absolute atomic E-state index is 0.0160. The van der Waals surface area contributed by atoms with E-state index >= 15 is 0 Å². The van der Waals surface area contributed by atoms with Gasteiger partial charge in [0.2, 0.25) is 10.4 Å². The van der Waals surface area contributed by atoms with Crippen LogP contribution in [0.15, 0.2) is 36.4 Å². The summed E-state index contributed by atoms with van der Waals surface area (Å²) in [6, 6.07) is 12.6. The molecule has 1 saturated heterocycles. The van der Waals surface area contributed by atoms with Crippen LogP contribution in [0.2, 0.25) is 0 Å². The number of nitrogens with zero attached hydrogens (tertiary/aromatic N) is 2. The monoisotopic (exact) mass is 338 g/mol. The van der Waals surface area contributed by atoms with Gasteiger partial charge in [-0.1, -0.05) is 36.4 Å². The standard InChI is InChI=1S/C15H19N2.CH4O4S/c1-17(11-5-6-12-17)15(13-16)10-9-14-7-3-2-4-8-14;1-5-6(2,3)4/h2-4,7-10,15H,5-6,11-12H2,1H3;1H3,(H,2,3,4)/q+1;/p-1/b10-9+;. The van der Waals surface area contributed by atoms with Crippen LogP contribution in [0.4, 0.5) is 0 Å². The molecule has 0 radical (unpaired) electrons. The molecule has 1 fully saturated rings. The van der Waals surface area contributed by atoms with Crippen molar-refractivity contribution < 1.29 is 21.6 Å². The van der Waals surface area contributed by atoms with Gasteiger partial charge >= 0.3 is 0 Å². The number of likely N-dealkylation sites (tertiary alicyclic amines) is 1. The van der Waals surface area contributed by atoms with E-state index in [0.29, 0.717) is 0 Å². The lowest BCUT2D eigenvalue weighted by atomic mass is 10.1. The molecular weight excluding hydrogens is 316 g/mol. The Kier molecular flexibility index (Phi) is 7.39. The van der Waals surface area contributed by atoms with Gasteiger partial charge in [-0.3, -0.25) is 4.18 Å². The van der Waals surface area contributed by atoms with E-state index in [1.54, 1.807) is 0 Å². The highest BCUT2D eigenvalue weighted by molar-refractivity contribution is 7.80. The SMILES string of the molecule is COS(=O)(=O)[O-].C[N+]1(C(C#N)/C=C/c2ccccc2)CCCC1. The van der Waals surface area contributed by atoms with Gasteiger partial charge in [0.25, 0.3) is 0 Å². The Morgan fingerprint density at radius 3 is 2.26 bits per heavy atom. The fourth-order valence-electron chi connectivity index (χ4n) is 2.49. The van der Waals surface area contributed by atoms with Crippen molar-refractivity contribution in [2.24, 2.45) is 0 Å². The van der Waals surface area contributed by atoms with Crippen molar-refractivity contribution in [3.8, 4) is 6.07 Å². The van der Waals surface area contributed by atoms with Gasteiger partial charge in [-0.2, -0.15) is 5.26 Å². The number of benzene rings is 1. The molecule has 0 spiro atoms. The van der Waals surface area contributed by atoms with E-state index in [-0.39, 0.29) is 6.04 Å². The zero-order valence-corrected chi connectivity index (χ0v) is 14.2. The fourth-order valence-corrected chi connectivity index (χ4v) is 2.49. The smallest absolute Gasteiger partial charge is 0.217 e. The van der Waals surface area contributed by atoms with Gasteiger partial charge in [0.05, 0.1) is 27.2 Å². The summed E-state index contributed by atoms with van der Waals surface area (Å²) in [6.45, 7) is 2.24. The first-order valence-corrected chi connectivity index (χ1v) is 8.62. The number of nitriles is 1. The van der Waals surface area contributed by atoms with E-state index in [1.165, 1.54) is 18.4 Å². The van der Waals surface area contributed by atoms with Gasteiger partial charge in [-0.05, 0) is 11.6 Å². The van der Waals surface area contributed by atoms with Crippen molar-refractivity contribution in [1.29, 1.82) is 5.26 Å². The topological polar surface area (TPSA) is 90.2 Å². The maximum atomic E-state index is 9.31. The molecule has 2 rings (SSSR count). The summed E-state index contributed by atoms with van der Waals surface area (Å²) in [5.41, 5.74) is 1.17. The third-order valence-electron chi connectivity index (χ3n) is 3.87. The lowest BCUT2D eigenvalue weighted by Gasteiger charge is -2.32. The average Bonchev–Trinajstić information content (AvgIpc) is 2.96. The summed E-state index contributed by atoms with van der Waals surface area (Å²) < 4.78 is 31.9. The molecule has 0 saturated carbocycles. The highest BCUT2D eigenvalue weighted by Crippen LogP contribution is 2.21. The van der Waals surface area contributed by atoms with Crippen LogP contribution in [-0.4, -0.2) is 50.7 Å². The van der Waals surface area contributed by atoms with Crippen LogP contribution in [0.25, 0.3) is 6.08 Å². The van der Waals surface area contributed by atoms with Crippen LogP contribution < -0.4 is 0 Å². The predicted octanol–water partition coefficient (Wildman–Crippen LogP) is 1.93. The number of likely N-dealkylation sites (N-methyl/N-ethyl adjacent to an activating group) is 1. The Morgan fingerprint density at radius 2 is 1.83 bits per heavy atom. The second kappa shape index (κ2) is 8.79. The molecule has 1 aromatic carbocycles. The predicted molar refractivity (Wildman–Crippen MR) is 86.7 cm³/mol. The molecule has 1 heterocycles. The molecule has 0 bridgehead atoms. The van der Waals surface area contributed by atoms with Gasteiger partial charge in [0, 0.05) is 12.8 Å². The summed E-state index contributed by atoms with van der Waals surface area (Å²) in [7, 11) is -1.41. The quantitative estimate of drug-likeness (QED) is 0.475. The summed E-state index contributed by atoms with van der Waals surface area (Å²) >= 11 is 0. The van der Waals surface area contributed by atoms with Crippen LogP contribution in [0.3, 0.4) is 0 Å². The Hall–Kier alpha value is -1.72. The molecule has 6 nitrogen and oxygen atoms in total. The molecular formula is C16H22N2O4S. The van der Waals surface area contributed by atoms with E-state index in [9.17, 15) is 18.2 Å². The van der Waals surface area contributed by atoms with Gasteiger partial charge in [-0.15, -0.1) is 0 Å². The van der Waals surface area contributed by atoms with Crippen LogP contribution in [0.5, 0.6) is 0 Å². The zero-order chi connectivity index (χ0) is 17.3. The van der Waals surface area contributed by atoms with Crippen molar-refractivity contribution >= 4 is 16.5 Å². The normalized spacial score (nSPS) is 18.0. The van der Waals surface area contributed by atoms with E-state index in [4.69, 9.17) is 0 Å². The lowest BCUT2D eigenvalue weighted by Crippen LogP contribution is -2.48. The van der Waals surface area contributed by atoms with Crippen molar-refractivity contribution in [3.05, 3.63) is 42.0 Å². The largest absolute Gasteiger partial charge is 0.726 e. The molecule has 0 N–H and O–H groups in total. The molecule has 0 aromatic heterocycles. The number of quaternary nitrogens is 1. The first-order valence-electron chi connectivity index (χ1n) is 7.29. The molecule has 1 aliphatic heterocycles. The molecule has 0 amide bonds. The third-order valence-corrected chi connectivity index (χ3v) is 4.27. The van der Waals surface area contributed by atoms with Crippen LogP contribution in [0, 0.1) is 11.3 Å². The van der Waals surface area contributed by atoms with E-state index in [2.05, 4.69) is 41.6 Å². The maximum Gasteiger partial charge on any atom is 0.217 e. The zero-order valence-electron chi connectivity index (χ0n) is 13.4. The van der Waals surface area contributed by atoms with E-state index < -0.39 is 10.4 Å². The molecule has 126 valence electrons. The second-order valence-corrected chi connectivity index (χ2v) is 6.70. The molecule has 1 atom stereocenters. The summed E-state index contributed by atoms with van der Waals surface area (Å²) in [6.07, 6.45) is 6.61. The fraction of sp³-hybridized carbons (Fsp3) is 0.438. The molecule has 1 unspecified atom stereocenters. The van der Waals surface area contributed by atoms with Gasteiger partial charge in [0.15, 0.2) is 6.04 Å². The third kappa shape index (κ3) is 6.93. The van der Waals surface area contributed by atoms with Gasteiger partial charge < -0.3 is 9.04 Å². The van der Waals surface area contributed by atoms with E-state index in [1.807, 2.05) is 18.2 Å². The second-order valence-electron chi connectivity index (χ2n) is 5.55. The van der Waals surface area contributed by atoms with Crippen molar-refractivity contribution in [3.63, 3.8) is 0 Å². The Morgan fingerprint density at radius 1 is 1.30 bits per heavy atom. The molecule has 0 aliphatic carbocycles. The van der Waals surface area contributed by atoms with Gasteiger partial charge in [0.1, 0.15) is 6.07 Å². The first-order chi connectivity index (χ1) is 10.8. The molecule has 23 heavy (non-hydrogen) atoms. The highest BCUT2D eigenvalue weighted by Gasteiger charge is 2.34. The van der Waals surface area contributed by atoms with Crippen LogP contribution in [0.1, 0.15) is 18.4 Å². The van der Waals surface area contributed by atoms with Gasteiger partial charge in [-0.25, -0.2) is 8.42 Å². The van der Waals surface area contributed by atoms with E-state index in [0.717, 1.165) is 24.7 Å². The summed E-state index contributed by atoms with van der Waals surface area (Å²) in [4.78, 5) is 0. The van der Waals surface area contributed by atoms with Crippen LogP contribution in [-0.2, 0) is 14.6 Å². The Balaban J connectivity index is 0.000000379. The minimum atomic E-state index is -4.41. The Labute approximate surface area is 138 Å². The lowest BCUT2D eigenvalue weighted by molar-refractivity contribution is -0.907. The molecule has 1 aliphatic rings. The minimum Gasteiger partial charge on any atom is -0.726 e. The summed E-state index contributed by atoms with van der Waals surface area (Å²) in [5.74, 6) is 0. The van der Waals surface area contributed by atoms with Crippen LogP contribution >= 0.6 is 0 Å². The number of hydrogen-bond donors (Lipinski definition) is 0.